The zero-order valence-electron chi connectivity index (χ0n) is 15.3. The van der Waals surface area contributed by atoms with Crippen molar-refractivity contribution >= 4 is 11.7 Å². The lowest BCUT2D eigenvalue weighted by molar-refractivity contribution is 0.251. The number of hydrogen-bond acceptors (Lipinski definition) is 4. The largest absolute Gasteiger partial charge is 0.331 e. The van der Waals surface area contributed by atoms with Gasteiger partial charge >= 0.3 is 6.03 Å². The fraction of sp³-hybridized carbons (Fsp3) is 0.300. The van der Waals surface area contributed by atoms with Crippen LogP contribution < -0.4 is 10.6 Å². The number of carbonyl (C=O) groups is 1. The van der Waals surface area contributed by atoms with Crippen LogP contribution in [0.4, 0.5) is 10.5 Å². The predicted octanol–water partition coefficient (Wildman–Crippen LogP) is 3.17. The number of nitrogens with one attached hydrogen (secondary N) is 2. The highest BCUT2D eigenvalue weighted by atomic mass is 16.2. The van der Waals surface area contributed by atoms with Crippen molar-refractivity contribution in [2.45, 2.75) is 39.2 Å². The first kappa shape index (κ1) is 17.2. The molecule has 0 spiro atoms. The lowest BCUT2D eigenvalue weighted by Crippen LogP contribution is -2.29. The number of hydrogen-bond donors (Lipinski definition) is 2. The molecule has 1 aliphatic carbocycles. The topological polar surface area (TPSA) is 84.7 Å². The molecule has 2 aromatic heterocycles. The summed E-state index contributed by atoms with van der Waals surface area (Å²) in [7, 11) is 0. The lowest BCUT2D eigenvalue weighted by atomic mass is 9.95. The zero-order chi connectivity index (χ0) is 18.6. The SMILES string of the molecule is Cc1nc(CNC(=O)Nc2cccc(-n3cccn3)c2)nc2c1CCCC2. The van der Waals surface area contributed by atoms with Gasteiger partial charge in [-0.1, -0.05) is 6.07 Å². The van der Waals surface area contributed by atoms with E-state index < -0.39 is 0 Å². The Balaban J connectivity index is 1.39. The molecule has 0 saturated carbocycles. The van der Waals surface area contributed by atoms with Gasteiger partial charge in [0.05, 0.1) is 12.2 Å². The number of fused-ring (bicyclic) bond motifs is 1. The summed E-state index contributed by atoms with van der Waals surface area (Å²) in [4.78, 5) is 21.4. The number of anilines is 1. The molecule has 2 amide bonds. The van der Waals surface area contributed by atoms with E-state index in [9.17, 15) is 4.79 Å². The third-order valence-corrected chi connectivity index (χ3v) is 4.72. The molecule has 2 N–H and O–H groups in total. The quantitative estimate of drug-likeness (QED) is 0.746. The molecule has 1 aromatic carbocycles. The average molecular weight is 362 g/mol. The van der Waals surface area contributed by atoms with Crippen LogP contribution >= 0.6 is 0 Å². The molecular formula is C20H22N6O. The van der Waals surface area contributed by atoms with E-state index in [-0.39, 0.29) is 6.03 Å². The summed E-state index contributed by atoms with van der Waals surface area (Å²) in [6, 6.07) is 9.08. The van der Waals surface area contributed by atoms with Gasteiger partial charge in [0.25, 0.3) is 0 Å². The molecule has 0 atom stereocenters. The van der Waals surface area contributed by atoms with E-state index in [0.29, 0.717) is 18.1 Å². The van der Waals surface area contributed by atoms with Crippen LogP contribution in [0.25, 0.3) is 5.69 Å². The van der Waals surface area contributed by atoms with Gasteiger partial charge in [-0.2, -0.15) is 5.10 Å². The summed E-state index contributed by atoms with van der Waals surface area (Å²) < 4.78 is 1.74. The Bertz CT molecular complexity index is 951. The fourth-order valence-corrected chi connectivity index (χ4v) is 3.41. The molecule has 0 aliphatic heterocycles. The summed E-state index contributed by atoms with van der Waals surface area (Å²) in [6.07, 6.45) is 8.00. The van der Waals surface area contributed by atoms with E-state index in [0.717, 1.165) is 29.9 Å². The number of rotatable bonds is 4. The maximum atomic E-state index is 12.3. The van der Waals surface area contributed by atoms with Crippen LogP contribution in [-0.2, 0) is 19.4 Å². The van der Waals surface area contributed by atoms with Crippen molar-refractivity contribution in [2.75, 3.05) is 5.32 Å². The second-order valence-electron chi connectivity index (χ2n) is 6.67. The van der Waals surface area contributed by atoms with Gasteiger partial charge in [-0.3, -0.25) is 0 Å². The molecule has 0 radical (unpaired) electrons. The highest BCUT2D eigenvalue weighted by Crippen LogP contribution is 2.21. The molecule has 3 aromatic rings. The van der Waals surface area contributed by atoms with Gasteiger partial charge in [0, 0.05) is 29.5 Å². The van der Waals surface area contributed by atoms with E-state index in [1.54, 1.807) is 10.9 Å². The second-order valence-corrected chi connectivity index (χ2v) is 6.67. The Kier molecular flexibility index (Phi) is 4.82. The molecule has 4 rings (SSSR count). The normalized spacial score (nSPS) is 13.1. The molecule has 0 saturated heterocycles. The summed E-state index contributed by atoms with van der Waals surface area (Å²) in [5.41, 5.74) is 5.03. The average Bonchev–Trinajstić information content (AvgIpc) is 3.22. The standard InChI is InChI=1S/C20H22N6O/c1-14-17-8-2-3-9-18(17)25-19(23-14)13-21-20(27)24-15-6-4-7-16(12-15)26-11-5-10-22-26/h4-7,10-12H,2-3,8-9,13H2,1H3,(H2,21,24,27). The molecule has 0 fully saturated rings. The number of amides is 2. The highest BCUT2D eigenvalue weighted by molar-refractivity contribution is 5.89. The predicted molar refractivity (Wildman–Crippen MR) is 103 cm³/mol. The molecule has 0 bridgehead atoms. The number of aromatic nitrogens is 4. The number of urea groups is 1. The maximum Gasteiger partial charge on any atom is 0.319 e. The van der Waals surface area contributed by atoms with Gasteiger partial charge < -0.3 is 10.6 Å². The van der Waals surface area contributed by atoms with Gasteiger partial charge in [-0.15, -0.1) is 0 Å². The minimum Gasteiger partial charge on any atom is -0.331 e. The van der Waals surface area contributed by atoms with Crippen LogP contribution in [0, 0.1) is 6.92 Å². The summed E-state index contributed by atoms with van der Waals surface area (Å²) >= 11 is 0. The third-order valence-electron chi connectivity index (χ3n) is 4.72. The van der Waals surface area contributed by atoms with Crippen molar-refractivity contribution in [2.24, 2.45) is 0 Å². The molecule has 138 valence electrons. The lowest BCUT2D eigenvalue weighted by Gasteiger charge is -2.17. The van der Waals surface area contributed by atoms with E-state index in [1.807, 2.05) is 43.5 Å². The molecule has 0 unspecified atom stereocenters. The van der Waals surface area contributed by atoms with E-state index >= 15 is 0 Å². The minimum absolute atomic E-state index is 0.286. The van der Waals surface area contributed by atoms with Crippen LogP contribution in [0.1, 0.15) is 35.6 Å². The number of carbonyl (C=O) groups excluding carboxylic acids is 1. The second kappa shape index (κ2) is 7.57. The first-order chi connectivity index (χ1) is 13.2. The Morgan fingerprint density at radius 2 is 2.07 bits per heavy atom. The number of nitrogens with zero attached hydrogens (tertiary/aromatic N) is 4. The van der Waals surface area contributed by atoms with Crippen LogP contribution in [0.5, 0.6) is 0 Å². The first-order valence-electron chi connectivity index (χ1n) is 9.19. The smallest absolute Gasteiger partial charge is 0.319 e. The van der Waals surface area contributed by atoms with Crippen molar-refractivity contribution in [1.29, 1.82) is 0 Å². The van der Waals surface area contributed by atoms with Crippen molar-refractivity contribution < 1.29 is 4.79 Å². The summed E-state index contributed by atoms with van der Waals surface area (Å²) in [5, 5.41) is 9.88. The number of benzene rings is 1. The summed E-state index contributed by atoms with van der Waals surface area (Å²) in [5.74, 6) is 0.661. The number of aryl methyl sites for hydroxylation is 2. The zero-order valence-corrected chi connectivity index (χ0v) is 15.3. The summed E-state index contributed by atoms with van der Waals surface area (Å²) in [6.45, 7) is 2.33. The Hall–Kier alpha value is -3.22. The fourth-order valence-electron chi connectivity index (χ4n) is 3.41. The minimum atomic E-state index is -0.286. The monoisotopic (exact) mass is 362 g/mol. The van der Waals surface area contributed by atoms with Gasteiger partial charge in [0.2, 0.25) is 0 Å². The van der Waals surface area contributed by atoms with Crippen LogP contribution in [0.3, 0.4) is 0 Å². The Morgan fingerprint density at radius 1 is 1.19 bits per heavy atom. The first-order valence-corrected chi connectivity index (χ1v) is 9.19. The van der Waals surface area contributed by atoms with Gasteiger partial charge in [-0.25, -0.2) is 19.4 Å². The van der Waals surface area contributed by atoms with Gasteiger partial charge in [0.1, 0.15) is 5.82 Å². The third kappa shape index (κ3) is 3.97. The van der Waals surface area contributed by atoms with Crippen LogP contribution in [-0.4, -0.2) is 25.8 Å². The van der Waals surface area contributed by atoms with Crippen molar-refractivity contribution in [3.8, 4) is 5.69 Å². The molecular weight excluding hydrogens is 340 g/mol. The molecule has 7 heteroatoms. The maximum absolute atomic E-state index is 12.3. The van der Waals surface area contributed by atoms with Gasteiger partial charge in [-0.05, 0) is 62.4 Å². The van der Waals surface area contributed by atoms with Crippen molar-refractivity contribution in [3.05, 3.63) is 65.5 Å². The van der Waals surface area contributed by atoms with E-state index in [2.05, 4.69) is 25.7 Å². The molecule has 1 aliphatic rings. The molecule has 7 nitrogen and oxygen atoms in total. The van der Waals surface area contributed by atoms with Crippen LogP contribution in [0.2, 0.25) is 0 Å². The van der Waals surface area contributed by atoms with E-state index in [1.165, 1.54) is 18.4 Å². The van der Waals surface area contributed by atoms with E-state index in [4.69, 9.17) is 0 Å². The highest BCUT2D eigenvalue weighted by Gasteiger charge is 2.15. The van der Waals surface area contributed by atoms with Gasteiger partial charge in [0.15, 0.2) is 0 Å². The van der Waals surface area contributed by atoms with Crippen molar-refractivity contribution in [3.63, 3.8) is 0 Å². The molecule has 2 heterocycles. The molecule has 27 heavy (non-hydrogen) atoms. The van der Waals surface area contributed by atoms with Crippen LogP contribution in [0.15, 0.2) is 42.7 Å². The Morgan fingerprint density at radius 3 is 2.93 bits per heavy atom. The Labute approximate surface area is 157 Å². The van der Waals surface area contributed by atoms with Crippen molar-refractivity contribution in [1.82, 2.24) is 25.1 Å².